The molecular formula is C15H13ClN4O3. The fourth-order valence-corrected chi connectivity index (χ4v) is 2.08. The van der Waals surface area contributed by atoms with Crippen LogP contribution in [0.4, 0.5) is 11.4 Å². The van der Waals surface area contributed by atoms with Crippen LogP contribution in [0.1, 0.15) is 10.5 Å². The highest BCUT2D eigenvalue weighted by Crippen LogP contribution is 2.19. The van der Waals surface area contributed by atoms with Crippen LogP contribution in [0.2, 0.25) is 5.02 Å². The van der Waals surface area contributed by atoms with Crippen LogP contribution in [0.3, 0.4) is 0 Å². The summed E-state index contributed by atoms with van der Waals surface area (Å²) in [5.74, 6) is 0. The molecule has 0 bridgehead atoms. The van der Waals surface area contributed by atoms with Gasteiger partial charge in [-0.3, -0.25) is 19.3 Å². The number of nitrogens with one attached hydrogen (secondary N) is 1. The molecule has 23 heavy (non-hydrogen) atoms. The topological polar surface area (TPSA) is 89.5 Å². The van der Waals surface area contributed by atoms with Crippen molar-refractivity contribution in [2.24, 2.45) is 0 Å². The molecule has 3 rings (SSSR count). The average Bonchev–Trinajstić information content (AvgIpc) is 2.98. The molecule has 2 aromatic heterocycles. The molecule has 0 atom stereocenters. The van der Waals surface area contributed by atoms with Crippen LogP contribution in [0.25, 0.3) is 5.65 Å². The van der Waals surface area contributed by atoms with E-state index in [0.29, 0.717) is 17.6 Å². The first-order valence-corrected chi connectivity index (χ1v) is 6.93. The van der Waals surface area contributed by atoms with Crippen LogP contribution in [0.5, 0.6) is 0 Å². The van der Waals surface area contributed by atoms with Crippen molar-refractivity contribution in [1.29, 1.82) is 0 Å². The monoisotopic (exact) mass is 332 g/mol. The van der Waals surface area contributed by atoms with Gasteiger partial charge in [0.2, 0.25) is 0 Å². The van der Waals surface area contributed by atoms with Crippen molar-refractivity contribution in [2.45, 2.75) is 0 Å². The van der Waals surface area contributed by atoms with Gasteiger partial charge in [0, 0.05) is 19.3 Å². The molecule has 1 N–H and O–H groups in total. The number of anilines is 1. The second-order valence-corrected chi connectivity index (χ2v) is 4.81. The maximum Gasteiger partial charge on any atom is 0.274 e. The van der Waals surface area contributed by atoms with E-state index in [-0.39, 0.29) is 5.69 Å². The number of nitro groups is 1. The predicted molar refractivity (Wildman–Crippen MR) is 88.2 cm³/mol. The lowest BCUT2D eigenvalue weighted by Crippen LogP contribution is -1.93. The molecule has 0 saturated heterocycles. The van der Waals surface area contributed by atoms with Crippen LogP contribution < -0.4 is 5.32 Å². The number of aldehydes is 1. The summed E-state index contributed by atoms with van der Waals surface area (Å²) in [4.78, 5) is 24.3. The second kappa shape index (κ2) is 7.37. The zero-order valence-corrected chi connectivity index (χ0v) is 12.9. The van der Waals surface area contributed by atoms with E-state index >= 15 is 0 Å². The first-order valence-electron chi connectivity index (χ1n) is 6.55. The second-order valence-electron chi connectivity index (χ2n) is 4.40. The van der Waals surface area contributed by atoms with Gasteiger partial charge in [-0.2, -0.15) is 0 Å². The standard InChI is InChI=1S/C8H5N3O3.C7H8ClN/c12-5-7-4-9-8-3-6(11(13)14)1-2-10(7)8;1-9-7-5-3-2-4-6(7)8/h1-5H;2-5,9H,1H3. The Morgan fingerprint density at radius 2 is 2.09 bits per heavy atom. The summed E-state index contributed by atoms with van der Waals surface area (Å²) >= 11 is 5.76. The van der Waals surface area contributed by atoms with E-state index in [9.17, 15) is 14.9 Å². The highest BCUT2D eigenvalue weighted by molar-refractivity contribution is 6.33. The molecule has 0 aliphatic carbocycles. The average molecular weight is 333 g/mol. The van der Waals surface area contributed by atoms with Gasteiger partial charge in [0.15, 0.2) is 6.29 Å². The van der Waals surface area contributed by atoms with Gasteiger partial charge in [0.25, 0.3) is 5.69 Å². The molecule has 0 aliphatic rings. The van der Waals surface area contributed by atoms with E-state index in [1.807, 2.05) is 31.3 Å². The number of benzene rings is 1. The summed E-state index contributed by atoms with van der Waals surface area (Å²) in [6, 6.07) is 10.3. The summed E-state index contributed by atoms with van der Waals surface area (Å²) in [7, 11) is 1.85. The summed E-state index contributed by atoms with van der Waals surface area (Å²) in [5.41, 5.74) is 1.69. The summed E-state index contributed by atoms with van der Waals surface area (Å²) in [6.07, 6.45) is 3.46. The highest BCUT2D eigenvalue weighted by Gasteiger charge is 2.08. The van der Waals surface area contributed by atoms with Crippen LogP contribution in [-0.2, 0) is 0 Å². The van der Waals surface area contributed by atoms with Crippen molar-refractivity contribution >= 4 is 34.9 Å². The third-order valence-electron chi connectivity index (χ3n) is 3.00. The van der Waals surface area contributed by atoms with Gasteiger partial charge >= 0.3 is 0 Å². The van der Waals surface area contributed by atoms with E-state index < -0.39 is 4.92 Å². The Balaban J connectivity index is 0.000000185. The molecular weight excluding hydrogens is 320 g/mol. The molecule has 118 valence electrons. The molecule has 3 aromatic rings. The van der Waals surface area contributed by atoms with Gasteiger partial charge in [-0.15, -0.1) is 0 Å². The smallest absolute Gasteiger partial charge is 0.274 e. The summed E-state index contributed by atoms with van der Waals surface area (Å²) in [5, 5.41) is 14.1. The van der Waals surface area contributed by atoms with Crippen molar-refractivity contribution in [3.05, 3.63) is 69.6 Å². The predicted octanol–water partition coefficient (Wildman–Crippen LogP) is 3.44. The third-order valence-corrected chi connectivity index (χ3v) is 3.33. The van der Waals surface area contributed by atoms with Gasteiger partial charge in [0.1, 0.15) is 11.3 Å². The van der Waals surface area contributed by atoms with Gasteiger partial charge in [0.05, 0.1) is 27.9 Å². The number of rotatable bonds is 3. The number of imidazole rings is 1. The molecule has 0 radical (unpaired) electrons. The minimum atomic E-state index is -0.505. The van der Waals surface area contributed by atoms with E-state index in [0.717, 1.165) is 10.7 Å². The zero-order chi connectivity index (χ0) is 16.8. The molecule has 2 heterocycles. The van der Waals surface area contributed by atoms with Crippen molar-refractivity contribution in [2.75, 3.05) is 12.4 Å². The number of para-hydroxylation sites is 1. The quantitative estimate of drug-likeness (QED) is 0.451. The number of carbonyl (C=O) groups is 1. The Labute approximate surface area is 136 Å². The van der Waals surface area contributed by atoms with E-state index in [2.05, 4.69) is 10.3 Å². The maximum absolute atomic E-state index is 10.5. The lowest BCUT2D eigenvalue weighted by Gasteiger charge is -1.99. The largest absolute Gasteiger partial charge is 0.387 e. The molecule has 0 amide bonds. The number of hydrogen-bond acceptors (Lipinski definition) is 5. The normalized spacial score (nSPS) is 9.83. The number of hydrogen-bond donors (Lipinski definition) is 1. The lowest BCUT2D eigenvalue weighted by atomic mass is 10.3. The Morgan fingerprint density at radius 1 is 1.35 bits per heavy atom. The first-order chi connectivity index (χ1) is 11.1. The molecule has 0 saturated carbocycles. The van der Waals surface area contributed by atoms with E-state index in [4.69, 9.17) is 11.6 Å². The lowest BCUT2D eigenvalue weighted by molar-refractivity contribution is -0.384. The number of nitrogens with zero attached hydrogens (tertiary/aromatic N) is 3. The van der Waals surface area contributed by atoms with Crippen LogP contribution in [-0.4, -0.2) is 27.6 Å². The number of aromatic nitrogens is 2. The maximum atomic E-state index is 10.5. The number of carbonyl (C=O) groups excluding carboxylic acids is 1. The fourth-order valence-electron chi connectivity index (χ4n) is 1.85. The van der Waals surface area contributed by atoms with E-state index in [1.165, 1.54) is 28.9 Å². The number of fused-ring (bicyclic) bond motifs is 1. The van der Waals surface area contributed by atoms with Crippen LogP contribution >= 0.6 is 11.6 Å². The number of pyridine rings is 1. The zero-order valence-electron chi connectivity index (χ0n) is 12.1. The van der Waals surface area contributed by atoms with Crippen LogP contribution in [0.15, 0.2) is 48.8 Å². The van der Waals surface area contributed by atoms with Crippen molar-refractivity contribution < 1.29 is 9.72 Å². The number of halogens is 1. The van der Waals surface area contributed by atoms with Gasteiger partial charge in [-0.05, 0) is 12.1 Å². The molecule has 0 unspecified atom stereocenters. The molecule has 8 heteroatoms. The van der Waals surface area contributed by atoms with Gasteiger partial charge in [-0.1, -0.05) is 23.7 Å². The van der Waals surface area contributed by atoms with Crippen molar-refractivity contribution in [3.63, 3.8) is 0 Å². The van der Waals surface area contributed by atoms with E-state index in [1.54, 1.807) is 0 Å². The van der Waals surface area contributed by atoms with Gasteiger partial charge < -0.3 is 5.32 Å². The van der Waals surface area contributed by atoms with Crippen molar-refractivity contribution in [3.8, 4) is 0 Å². The molecule has 0 aliphatic heterocycles. The Bertz CT molecular complexity index is 848. The summed E-state index contributed by atoms with van der Waals surface area (Å²) < 4.78 is 1.49. The Kier molecular flexibility index (Phi) is 5.27. The Hall–Kier alpha value is -2.93. The highest BCUT2D eigenvalue weighted by atomic mass is 35.5. The fraction of sp³-hybridized carbons (Fsp3) is 0.0667. The minimum absolute atomic E-state index is 0.0412. The first kappa shape index (κ1) is 16.4. The van der Waals surface area contributed by atoms with Crippen molar-refractivity contribution in [1.82, 2.24) is 9.38 Å². The molecule has 0 spiro atoms. The minimum Gasteiger partial charge on any atom is -0.387 e. The summed E-state index contributed by atoms with van der Waals surface area (Å²) in [6.45, 7) is 0. The molecule has 1 aromatic carbocycles. The van der Waals surface area contributed by atoms with Crippen LogP contribution in [0, 0.1) is 10.1 Å². The Morgan fingerprint density at radius 3 is 2.65 bits per heavy atom. The van der Waals surface area contributed by atoms with Gasteiger partial charge in [-0.25, -0.2) is 4.98 Å². The molecule has 0 fully saturated rings. The molecule has 7 nitrogen and oxygen atoms in total. The SMILES string of the molecule is CNc1ccccc1Cl.O=Cc1cnc2cc([N+](=O)[O-])ccn12. The third kappa shape index (κ3) is 3.83.